The van der Waals surface area contributed by atoms with Gasteiger partial charge in [0, 0.05) is 26.2 Å². The standard InChI is InChI=1S/C14H25N3O3/c1-16-7-5-11(6-8-16)17(2)14(19)13(18)15-10-12-4-3-9-20-12/h11-12H,3-10H2,1-2H3,(H,15,18). The van der Waals surface area contributed by atoms with Crippen molar-refractivity contribution >= 4 is 11.8 Å². The van der Waals surface area contributed by atoms with Crippen molar-refractivity contribution in [3.8, 4) is 0 Å². The first-order valence-corrected chi connectivity index (χ1v) is 7.43. The topological polar surface area (TPSA) is 61.9 Å². The number of nitrogens with zero attached hydrogens (tertiary/aromatic N) is 2. The van der Waals surface area contributed by atoms with Crippen molar-refractivity contribution in [2.24, 2.45) is 0 Å². The van der Waals surface area contributed by atoms with Crippen molar-refractivity contribution in [2.45, 2.75) is 37.8 Å². The van der Waals surface area contributed by atoms with Crippen LogP contribution < -0.4 is 5.32 Å². The molecule has 2 amide bonds. The maximum absolute atomic E-state index is 12.1. The minimum atomic E-state index is -0.512. The minimum absolute atomic E-state index is 0.0698. The lowest BCUT2D eigenvalue weighted by Gasteiger charge is -2.34. The van der Waals surface area contributed by atoms with E-state index in [1.807, 2.05) is 0 Å². The van der Waals surface area contributed by atoms with E-state index in [1.165, 1.54) is 0 Å². The first-order chi connectivity index (χ1) is 9.58. The number of hydrogen-bond donors (Lipinski definition) is 1. The third kappa shape index (κ3) is 3.93. The fourth-order valence-corrected chi connectivity index (χ4v) is 2.80. The summed E-state index contributed by atoms with van der Waals surface area (Å²) in [5.41, 5.74) is 0. The van der Waals surface area contributed by atoms with Crippen molar-refractivity contribution in [1.82, 2.24) is 15.1 Å². The highest BCUT2D eigenvalue weighted by atomic mass is 16.5. The molecule has 2 rings (SSSR count). The van der Waals surface area contributed by atoms with Gasteiger partial charge in [-0.05, 0) is 45.8 Å². The summed E-state index contributed by atoms with van der Waals surface area (Å²) in [6.07, 6.45) is 3.92. The van der Waals surface area contributed by atoms with E-state index in [4.69, 9.17) is 4.74 Å². The Morgan fingerprint density at radius 2 is 2.00 bits per heavy atom. The van der Waals surface area contributed by atoms with Crippen molar-refractivity contribution < 1.29 is 14.3 Å². The molecule has 20 heavy (non-hydrogen) atoms. The second kappa shape index (κ2) is 7.04. The fraction of sp³-hybridized carbons (Fsp3) is 0.857. The van der Waals surface area contributed by atoms with E-state index < -0.39 is 11.8 Å². The Morgan fingerprint density at radius 3 is 2.60 bits per heavy atom. The number of nitrogens with one attached hydrogen (secondary N) is 1. The lowest BCUT2D eigenvalue weighted by atomic mass is 10.0. The Balaban J connectivity index is 1.75. The van der Waals surface area contributed by atoms with Crippen LogP contribution in [0.1, 0.15) is 25.7 Å². The summed E-state index contributed by atoms with van der Waals surface area (Å²) >= 11 is 0. The van der Waals surface area contributed by atoms with Gasteiger partial charge < -0.3 is 19.9 Å². The summed E-state index contributed by atoms with van der Waals surface area (Å²) in [7, 11) is 3.80. The molecule has 2 aliphatic rings. The van der Waals surface area contributed by atoms with Crippen LogP contribution in [0.25, 0.3) is 0 Å². The molecule has 0 bridgehead atoms. The number of carbonyl (C=O) groups excluding carboxylic acids is 2. The van der Waals surface area contributed by atoms with Crippen molar-refractivity contribution in [3.63, 3.8) is 0 Å². The summed E-state index contributed by atoms with van der Waals surface area (Å²) < 4.78 is 5.43. The molecule has 0 aromatic heterocycles. The molecule has 6 nitrogen and oxygen atoms in total. The molecule has 114 valence electrons. The van der Waals surface area contributed by atoms with Crippen LogP contribution in [0.3, 0.4) is 0 Å². The molecule has 0 aromatic rings. The molecule has 6 heteroatoms. The molecule has 2 fully saturated rings. The highest BCUT2D eigenvalue weighted by Crippen LogP contribution is 2.14. The van der Waals surface area contributed by atoms with Crippen LogP contribution in [0.15, 0.2) is 0 Å². The molecule has 0 saturated carbocycles. The smallest absolute Gasteiger partial charge is 0.311 e. The van der Waals surface area contributed by atoms with Gasteiger partial charge in [0.25, 0.3) is 0 Å². The molecule has 1 atom stereocenters. The van der Waals surface area contributed by atoms with Gasteiger partial charge in [0.1, 0.15) is 0 Å². The van der Waals surface area contributed by atoms with Crippen LogP contribution in [0.5, 0.6) is 0 Å². The van der Waals surface area contributed by atoms with Crippen molar-refractivity contribution in [3.05, 3.63) is 0 Å². The predicted octanol–water partition coefficient (Wildman–Crippen LogP) is -0.166. The van der Waals surface area contributed by atoms with Gasteiger partial charge in [-0.2, -0.15) is 0 Å². The molecule has 2 aliphatic heterocycles. The molecule has 1 N–H and O–H groups in total. The summed E-state index contributed by atoms with van der Waals surface area (Å²) in [4.78, 5) is 27.8. The van der Waals surface area contributed by atoms with Crippen molar-refractivity contribution in [2.75, 3.05) is 40.3 Å². The highest BCUT2D eigenvalue weighted by molar-refractivity contribution is 6.35. The average molecular weight is 283 g/mol. The Morgan fingerprint density at radius 1 is 1.30 bits per heavy atom. The van der Waals surface area contributed by atoms with Crippen LogP contribution in [0, 0.1) is 0 Å². The van der Waals surface area contributed by atoms with Gasteiger partial charge in [-0.15, -0.1) is 0 Å². The first-order valence-electron chi connectivity index (χ1n) is 7.43. The van der Waals surface area contributed by atoms with E-state index in [-0.39, 0.29) is 12.1 Å². The zero-order valence-corrected chi connectivity index (χ0v) is 12.4. The molecule has 1 unspecified atom stereocenters. The van der Waals surface area contributed by atoms with Gasteiger partial charge in [-0.3, -0.25) is 9.59 Å². The normalized spacial score (nSPS) is 24.6. The van der Waals surface area contributed by atoms with Gasteiger partial charge in [-0.25, -0.2) is 0 Å². The third-order valence-electron chi connectivity index (χ3n) is 4.26. The maximum atomic E-state index is 12.1. The summed E-state index contributed by atoms with van der Waals surface area (Å²) in [5, 5.41) is 2.69. The number of hydrogen-bond acceptors (Lipinski definition) is 4. The van der Waals surface area contributed by atoms with E-state index in [0.717, 1.165) is 45.4 Å². The third-order valence-corrected chi connectivity index (χ3v) is 4.26. The SMILES string of the molecule is CN1CCC(N(C)C(=O)C(=O)NCC2CCCO2)CC1. The first kappa shape index (κ1) is 15.3. The Kier molecular flexibility index (Phi) is 5.37. The second-order valence-electron chi connectivity index (χ2n) is 5.80. The molecule has 0 aliphatic carbocycles. The molecule has 0 spiro atoms. The lowest BCUT2D eigenvalue weighted by Crippen LogP contribution is -2.50. The van der Waals surface area contributed by atoms with Crippen LogP contribution >= 0.6 is 0 Å². The maximum Gasteiger partial charge on any atom is 0.311 e. The number of piperidine rings is 1. The number of rotatable bonds is 3. The van der Waals surface area contributed by atoms with Gasteiger partial charge in [0.15, 0.2) is 0 Å². The van der Waals surface area contributed by atoms with Gasteiger partial charge in [0.05, 0.1) is 6.10 Å². The molecule has 2 heterocycles. The summed E-state index contributed by atoms with van der Waals surface area (Å²) in [6.45, 7) is 3.13. The van der Waals surface area contributed by atoms with Crippen molar-refractivity contribution in [1.29, 1.82) is 0 Å². The highest BCUT2D eigenvalue weighted by Gasteiger charge is 2.28. The quantitative estimate of drug-likeness (QED) is 0.731. The predicted molar refractivity (Wildman–Crippen MR) is 75.3 cm³/mol. The van der Waals surface area contributed by atoms with Gasteiger partial charge >= 0.3 is 11.8 Å². The van der Waals surface area contributed by atoms with Gasteiger partial charge in [-0.1, -0.05) is 0 Å². The van der Waals surface area contributed by atoms with Crippen LogP contribution in [-0.4, -0.2) is 74.1 Å². The van der Waals surface area contributed by atoms with E-state index in [9.17, 15) is 9.59 Å². The number of carbonyl (C=O) groups is 2. The molecular formula is C14H25N3O3. The van der Waals surface area contributed by atoms with Crippen LogP contribution in [-0.2, 0) is 14.3 Å². The number of amides is 2. The number of ether oxygens (including phenoxy) is 1. The van der Waals surface area contributed by atoms with E-state index in [2.05, 4.69) is 17.3 Å². The van der Waals surface area contributed by atoms with Crippen LogP contribution in [0.2, 0.25) is 0 Å². The minimum Gasteiger partial charge on any atom is -0.376 e. The molecular weight excluding hydrogens is 258 g/mol. The van der Waals surface area contributed by atoms with E-state index in [1.54, 1.807) is 11.9 Å². The largest absolute Gasteiger partial charge is 0.376 e. The summed E-state index contributed by atoms with van der Waals surface area (Å²) in [6, 6.07) is 0.173. The van der Waals surface area contributed by atoms with E-state index >= 15 is 0 Å². The number of likely N-dealkylation sites (tertiary alicyclic amines) is 1. The molecule has 2 saturated heterocycles. The Labute approximate surface area is 120 Å². The molecule has 0 aromatic carbocycles. The second-order valence-corrected chi connectivity index (χ2v) is 5.80. The van der Waals surface area contributed by atoms with Crippen LogP contribution in [0.4, 0.5) is 0 Å². The van der Waals surface area contributed by atoms with E-state index in [0.29, 0.717) is 6.54 Å². The van der Waals surface area contributed by atoms with Gasteiger partial charge in [0.2, 0.25) is 0 Å². The zero-order chi connectivity index (χ0) is 14.5. The summed E-state index contributed by atoms with van der Waals surface area (Å²) in [5.74, 6) is -0.945. The fourth-order valence-electron chi connectivity index (χ4n) is 2.80. The average Bonchev–Trinajstić information content (AvgIpc) is 2.97. The monoisotopic (exact) mass is 283 g/mol. The zero-order valence-electron chi connectivity index (χ0n) is 12.4. The Hall–Kier alpha value is -1.14. The lowest BCUT2D eigenvalue weighted by molar-refractivity contribution is -0.147. The Bertz CT molecular complexity index is 348. The molecule has 0 radical (unpaired) electrons. The number of likely N-dealkylation sites (N-methyl/N-ethyl adjacent to an activating group) is 1.